The number of thioether (sulfide) groups is 1. The van der Waals surface area contributed by atoms with E-state index >= 15 is 0 Å². The second-order valence-electron chi connectivity index (χ2n) is 5.46. The number of carbonyl (C=O) groups excluding carboxylic acids is 2. The highest BCUT2D eigenvalue weighted by atomic mass is 32.2. The summed E-state index contributed by atoms with van der Waals surface area (Å²) in [4.78, 5) is 26.6. The van der Waals surface area contributed by atoms with Gasteiger partial charge in [-0.3, -0.25) is 9.59 Å². The number of hydrogen-bond acceptors (Lipinski definition) is 3. The number of nitrogens with one attached hydrogen (secondary N) is 1. The van der Waals surface area contributed by atoms with Gasteiger partial charge < -0.3 is 10.2 Å². The van der Waals surface area contributed by atoms with Crippen LogP contribution in [0.4, 0.5) is 0 Å². The molecule has 2 amide bonds. The van der Waals surface area contributed by atoms with Crippen molar-refractivity contribution < 1.29 is 9.59 Å². The van der Waals surface area contributed by atoms with Crippen molar-refractivity contribution in [3.8, 4) is 11.1 Å². The maximum Gasteiger partial charge on any atom is 0.253 e. The number of benzene rings is 2. The fourth-order valence-electron chi connectivity index (χ4n) is 2.33. The monoisotopic (exact) mass is 342 g/mol. The fraction of sp³-hybridized carbons (Fsp3) is 0.263. The van der Waals surface area contributed by atoms with Crippen LogP contribution in [0.1, 0.15) is 16.8 Å². The molecule has 4 nitrogen and oxygen atoms in total. The zero-order chi connectivity index (χ0) is 17.5. The number of carbonyl (C=O) groups is 2. The molecule has 0 aliphatic carbocycles. The van der Waals surface area contributed by atoms with Gasteiger partial charge in [-0.2, -0.15) is 0 Å². The second kappa shape index (κ2) is 8.55. The molecule has 24 heavy (non-hydrogen) atoms. The Kier molecular flexibility index (Phi) is 6.44. The summed E-state index contributed by atoms with van der Waals surface area (Å²) in [5.41, 5.74) is 2.71. The molecule has 0 spiro atoms. The van der Waals surface area contributed by atoms with E-state index in [4.69, 9.17) is 0 Å². The molecule has 1 N–H and O–H groups in total. The minimum atomic E-state index is -0.0820. The van der Waals surface area contributed by atoms with Gasteiger partial charge in [-0.1, -0.05) is 24.3 Å². The second-order valence-corrected chi connectivity index (χ2v) is 6.34. The molecule has 0 bridgehead atoms. The molecule has 5 heteroatoms. The van der Waals surface area contributed by atoms with Gasteiger partial charge in [0.25, 0.3) is 5.91 Å². The maximum atomic E-state index is 12.5. The Bertz CT molecular complexity index is 714. The van der Waals surface area contributed by atoms with Gasteiger partial charge >= 0.3 is 0 Å². The van der Waals surface area contributed by atoms with Crippen molar-refractivity contribution in [1.82, 2.24) is 10.2 Å². The highest BCUT2D eigenvalue weighted by Gasteiger charge is 2.13. The summed E-state index contributed by atoms with van der Waals surface area (Å²) in [6, 6.07) is 15.8. The van der Waals surface area contributed by atoms with Crippen LogP contribution in [0.3, 0.4) is 0 Å². The summed E-state index contributed by atoms with van der Waals surface area (Å²) < 4.78 is 0. The first kappa shape index (κ1) is 18.1. The van der Waals surface area contributed by atoms with E-state index in [9.17, 15) is 9.59 Å². The molecular weight excluding hydrogens is 320 g/mol. The van der Waals surface area contributed by atoms with E-state index in [1.54, 1.807) is 36.8 Å². The summed E-state index contributed by atoms with van der Waals surface area (Å²) in [6.45, 7) is 0.394. The van der Waals surface area contributed by atoms with Crippen molar-refractivity contribution in [1.29, 1.82) is 0 Å². The first-order valence-corrected chi connectivity index (χ1v) is 8.98. The first-order chi connectivity index (χ1) is 11.5. The predicted octanol–water partition coefficient (Wildman–Crippen LogP) is 3.28. The average molecular weight is 342 g/mol. The average Bonchev–Trinajstić information content (AvgIpc) is 2.65. The van der Waals surface area contributed by atoms with E-state index < -0.39 is 0 Å². The Morgan fingerprint density at radius 1 is 1.08 bits per heavy atom. The summed E-state index contributed by atoms with van der Waals surface area (Å²) in [5, 5.41) is 2.56. The standard InChI is InChI=1S/C19H22N2O2S/c1-20-18(22)11-12-21(2)19(23)16-6-4-5-15(13-16)14-7-9-17(24-3)10-8-14/h4-10,13H,11-12H2,1-3H3,(H,20,22). The lowest BCUT2D eigenvalue weighted by Crippen LogP contribution is -2.31. The minimum Gasteiger partial charge on any atom is -0.359 e. The molecule has 0 aliphatic rings. The van der Waals surface area contributed by atoms with E-state index in [2.05, 4.69) is 29.6 Å². The third-order valence-electron chi connectivity index (χ3n) is 3.83. The highest BCUT2D eigenvalue weighted by Crippen LogP contribution is 2.24. The van der Waals surface area contributed by atoms with Gasteiger partial charge in [0.05, 0.1) is 0 Å². The van der Waals surface area contributed by atoms with Crippen molar-refractivity contribution in [2.45, 2.75) is 11.3 Å². The van der Waals surface area contributed by atoms with Gasteiger partial charge in [0.15, 0.2) is 0 Å². The number of nitrogens with zero attached hydrogens (tertiary/aromatic N) is 1. The van der Waals surface area contributed by atoms with Crippen LogP contribution < -0.4 is 5.32 Å². The van der Waals surface area contributed by atoms with Gasteiger partial charge in [-0.05, 0) is 41.6 Å². The van der Waals surface area contributed by atoms with Crippen LogP contribution in [0.2, 0.25) is 0 Å². The molecule has 0 atom stereocenters. The molecule has 2 aromatic carbocycles. The molecule has 2 aromatic rings. The lowest BCUT2D eigenvalue weighted by molar-refractivity contribution is -0.120. The summed E-state index contributed by atoms with van der Waals surface area (Å²) in [6.07, 6.45) is 2.34. The summed E-state index contributed by atoms with van der Waals surface area (Å²) in [7, 11) is 3.31. The number of rotatable bonds is 6. The number of amides is 2. The molecule has 0 heterocycles. The lowest BCUT2D eigenvalue weighted by atomic mass is 10.0. The Hall–Kier alpha value is -2.27. The molecule has 126 valence electrons. The Balaban J connectivity index is 2.13. The summed E-state index contributed by atoms with van der Waals surface area (Å²) >= 11 is 1.70. The predicted molar refractivity (Wildman–Crippen MR) is 99.3 cm³/mol. The molecule has 0 saturated heterocycles. The van der Waals surface area contributed by atoms with E-state index in [1.165, 1.54) is 4.90 Å². The molecular formula is C19H22N2O2S. The third kappa shape index (κ3) is 4.61. The zero-order valence-electron chi connectivity index (χ0n) is 14.2. The molecule has 0 unspecified atom stereocenters. The van der Waals surface area contributed by atoms with E-state index in [1.807, 2.05) is 24.5 Å². The molecule has 0 aromatic heterocycles. The molecule has 0 aliphatic heterocycles. The largest absolute Gasteiger partial charge is 0.359 e. The fourth-order valence-corrected chi connectivity index (χ4v) is 2.74. The SMILES string of the molecule is CNC(=O)CCN(C)C(=O)c1cccc(-c2ccc(SC)cc2)c1. The smallest absolute Gasteiger partial charge is 0.253 e. The summed E-state index contributed by atoms with van der Waals surface area (Å²) in [5.74, 6) is -0.154. The normalized spacial score (nSPS) is 10.3. The van der Waals surface area contributed by atoms with Crippen molar-refractivity contribution >= 4 is 23.6 Å². The van der Waals surface area contributed by atoms with Crippen LogP contribution in [0, 0.1) is 0 Å². The zero-order valence-corrected chi connectivity index (χ0v) is 15.0. The third-order valence-corrected chi connectivity index (χ3v) is 4.58. The van der Waals surface area contributed by atoms with E-state index in [0.717, 1.165) is 11.1 Å². The van der Waals surface area contributed by atoms with Crippen LogP contribution in [0.25, 0.3) is 11.1 Å². The number of hydrogen-bond donors (Lipinski definition) is 1. The van der Waals surface area contributed by atoms with Gasteiger partial charge in [0, 0.05) is 37.5 Å². The molecule has 0 saturated carbocycles. The molecule has 0 fully saturated rings. The van der Waals surface area contributed by atoms with Gasteiger partial charge in [-0.15, -0.1) is 11.8 Å². The van der Waals surface area contributed by atoms with E-state index in [-0.39, 0.29) is 11.8 Å². The van der Waals surface area contributed by atoms with Crippen molar-refractivity contribution in [3.05, 3.63) is 54.1 Å². The van der Waals surface area contributed by atoms with Crippen LogP contribution in [0.15, 0.2) is 53.4 Å². The molecule has 2 rings (SSSR count). The molecule has 0 radical (unpaired) electrons. The Morgan fingerprint density at radius 2 is 1.79 bits per heavy atom. The Morgan fingerprint density at radius 3 is 2.42 bits per heavy atom. The van der Waals surface area contributed by atoms with Crippen LogP contribution >= 0.6 is 11.8 Å². The maximum absolute atomic E-state index is 12.5. The van der Waals surface area contributed by atoms with Crippen LogP contribution in [0.5, 0.6) is 0 Å². The lowest BCUT2D eigenvalue weighted by Gasteiger charge is -2.17. The van der Waals surface area contributed by atoms with Crippen LogP contribution in [-0.4, -0.2) is 43.6 Å². The minimum absolute atomic E-state index is 0.0720. The van der Waals surface area contributed by atoms with Crippen molar-refractivity contribution in [2.75, 3.05) is 26.9 Å². The van der Waals surface area contributed by atoms with Gasteiger partial charge in [-0.25, -0.2) is 0 Å². The Labute approximate surface area is 147 Å². The van der Waals surface area contributed by atoms with Gasteiger partial charge in [0.2, 0.25) is 5.91 Å². The van der Waals surface area contributed by atoms with Crippen LogP contribution in [-0.2, 0) is 4.79 Å². The van der Waals surface area contributed by atoms with Crippen molar-refractivity contribution in [2.24, 2.45) is 0 Å². The highest BCUT2D eigenvalue weighted by molar-refractivity contribution is 7.98. The van der Waals surface area contributed by atoms with E-state index in [0.29, 0.717) is 18.5 Å². The van der Waals surface area contributed by atoms with Gasteiger partial charge in [0.1, 0.15) is 0 Å². The quantitative estimate of drug-likeness (QED) is 0.820. The van der Waals surface area contributed by atoms with Crippen molar-refractivity contribution in [3.63, 3.8) is 0 Å². The topological polar surface area (TPSA) is 49.4 Å². The first-order valence-electron chi connectivity index (χ1n) is 7.75.